The fourth-order valence-corrected chi connectivity index (χ4v) is 2.36. The third-order valence-corrected chi connectivity index (χ3v) is 3.84. The van der Waals surface area contributed by atoms with Gasteiger partial charge in [-0.15, -0.1) is 0 Å². The fourth-order valence-electron chi connectivity index (χ4n) is 2.36. The minimum Gasteiger partial charge on any atom is -0.445 e. The summed E-state index contributed by atoms with van der Waals surface area (Å²) in [6, 6.07) is 5.70. The monoisotopic (exact) mass is 339 g/mol. The number of benzene rings is 1. The van der Waals surface area contributed by atoms with Crippen molar-refractivity contribution in [3.8, 4) is 11.5 Å². The van der Waals surface area contributed by atoms with Gasteiger partial charge in [0.05, 0.1) is 24.5 Å². The standard InChI is InChI=1S/C18H21N5O2/c1-13-4-5-14(18-19-6-9-25-18)10-16(13)21-17(24)15-11-20-23(12-15)8-7-22(2)3/h4-6,9-12H,7-8H2,1-3H3,(H,21,24). The summed E-state index contributed by atoms with van der Waals surface area (Å²) in [7, 11) is 4.00. The number of amides is 1. The van der Waals surface area contributed by atoms with Gasteiger partial charge >= 0.3 is 0 Å². The fraction of sp³-hybridized carbons (Fsp3) is 0.278. The number of anilines is 1. The molecule has 0 radical (unpaired) electrons. The van der Waals surface area contributed by atoms with Gasteiger partial charge in [-0.1, -0.05) is 6.07 Å². The van der Waals surface area contributed by atoms with Gasteiger partial charge in [-0.3, -0.25) is 9.48 Å². The Kier molecular flexibility index (Phi) is 4.95. The predicted octanol–water partition coefficient (Wildman–Crippen LogP) is 2.66. The molecule has 0 aliphatic heterocycles. The quantitative estimate of drug-likeness (QED) is 0.747. The largest absolute Gasteiger partial charge is 0.445 e. The van der Waals surface area contributed by atoms with Crippen molar-refractivity contribution in [2.75, 3.05) is 26.0 Å². The molecule has 1 aromatic carbocycles. The molecule has 0 saturated heterocycles. The van der Waals surface area contributed by atoms with E-state index >= 15 is 0 Å². The van der Waals surface area contributed by atoms with Crippen LogP contribution in [0.3, 0.4) is 0 Å². The smallest absolute Gasteiger partial charge is 0.258 e. The summed E-state index contributed by atoms with van der Waals surface area (Å²) >= 11 is 0. The molecule has 25 heavy (non-hydrogen) atoms. The van der Waals surface area contributed by atoms with Gasteiger partial charge in [-0.2, -0.15) is 5.10 Å². The lowest BCUT2D eigenvalue weighted by Gasteiger charge is -2.09. The molecule has 0 fully saturated rings. The van der Waals surface area contributed by atoms with Crippen molar-refractivity contribution in [1.29, 1.82) is 0 Å². The first-order valence-corrected chi connectivity index (χ1v) is 8.02. The predicted molar refractivity (Wildman–Crippen MR) is 95.4 cm³/mol. The van der Waals surface area contributed by atoms with Gasteiger partial charge in [-0.05, 0) is 38.7 Å². The second kappa shape index (κ2) is 7.31. The van der Waals surface area contributed by atoms with E-state index < -0.39 is 0 Å². The van der Waals surface area contributed by atoms with Crippen molar-refractivity contribution in [3.05, 3.63) is 54.2 Å². The molecule has 130 valence electrons. The van der Waals surface area contributed by atoms with Crippen LogP contribution in [-0.2, 0) is 6.54 Å². The zero-order chi connectivity index (χ0) is 17.8. The van der Waals surface area contributed by atoms with Crippen LogP contribution < -0.4 is 5.32 Å². The van der Waals surface area contributed by atoms with Crippen molar-refractivity contribution >= 4 is 11.6 Å². The van der Waals surface area contributed by atoms with E-state index in [0.29, 0.717) is 11.5 Å². The highest BCUT2D eigenvalue weighted by molar-refractivity contribution is 6.04. The Morgan fingerprint density at radius 2 is 2.20 bits per heavy atom. The van der Waals surface area contributed by atoms with Crippen LogP contribution in [0.15, 0.2) is 47.5 Å². The van der Waals surface area contributed by atoms with Crippen LogP contribution in [0, 0.1) is 6.92 Å². The van der Waals surface area contributed by atoms with E-state index in [4.69, 9.17) is 4.42 Å². The highest BCUT2D eigenvalue weighted by Crippen LogP contribution is 2.24. The number of carbonyl (C=O) groups is 1. The first kappa shape index (κ1) is 16.9. The van der Waals surface area contributed by atoms with Crippen LogP contribution >= 0.6 is 0 Å². The van der Waals surface area contributed by atoms with Crippen LogP contribution in [0.5, 0.6) is 0 Å². The van der Waals surface area contributed by atoms with E-state index in [1.54, 1.807) is 23.3 Å². The maximum atomic E-state index is 12.5. The molecule has 2 heterocycles. The molecule has 0 aliphatic rings. The number of likely N-dealkylation sites (N-methyl/N-ethyl adjacent to an activating group) is 1. The van der Waals surface area contributed by atoms with Crippen LogP contribution in [-0.4, -0.2) is 46.2 Å². The highest BCUT2D eigenvalue weighted by atomic mass is 16.3. The van der Waals surface area contributed by atoms with E-state index in [9.17, 15) is 4.79 Å². The average molecular weight is 339 g/mol. The maximum absolute atomic E-state index is 12.5. The molecule has 1 N–H and O–H groups in total. The van der Waals surface area contributed by atoms with E-state index in [0.717, 1.165) is 29.9 Å². The van der Waals surface area contributed by atoms with Gasteiger partial charge in [-0.25, -0.2) is 4.98 Å². The summed E-state index contributed by atoms with van der Waals surface area (Å²) in [4.78, 5) is 18.7. The molecular formula is C18H21N5O2. The Hall–Kier alpha value is -2.93. The molecule has 0 unspecified atom stereocenters. The lowest BCUT2D eigenvalue weighted by Crippen LogP contribution is -2.18. The summed E-state index contributed by atoms with van der Waals surface area (Å²) < 4.78 is 7.08. The van der Waals surface area contributed by atoms with Gasteiger partial charge in [0, 0.05) is 24.0 Å². The average Bonchev–Trinajstić information content (AvgIpc) is 3.26. The molecule has 3 aromatic rings. The lowest BCUT2D eigenvalue weighted by molar-refractivity contribution is 0.102. The number of aryl methyl sites for hydroxylation is 1. The number of rotatable bonds is 6. The summed E-state index contributed by atoms with van der Waals surface area (Å²) in [6.45, 7) is 3.54. The number of nitrogens with zero attached hydrogens (tertiary/aromatic N) is 4. The Morgan fingerprint density at radius 3 is 2.92 bits per heavy atom. The maximum Gasteiger partial charge on any atom is 0.258 e. The number of aromatic nitrogens is 3. The van der Waals surface area contributed by atoms with Crippen LogP contribution in [0.25, 0.3) is 11.5 Å². The molecule has 7 nitrogen and oxygen atoms in total. The third kappa shape index (κ3) is 4.13. The zero-order valence-electron chi connectivity index (χ0n) is 14.6. The number of carbonyl (C=O) groups excluding carboxylic acids is 1. The first-order valence-electron chi connectivity index (χ1n) is 8.02. The highest BCUT2D eigenvalue weighted by Gasteiger charge is 2.12. The molecule has 3 rings (SSSR count). The summed E-state index contributed by atoms with van der Waals surface area (Å²) in [5, 5.41) is 7.17. The van der Waals surface area contributed by atoms with Crippen LogP contribution in [0.1, 0.15) is 15.9 Å². The van der Waals surface area contributed by atoms with Crippen molar-refractivity contribution in [2.45, 2.75) is 13.5 Å². The minimum atomic E-state index is -0.191. The number of hydrogen-bond acceptors (Lipinski definition) is 5. The number of nitrogens with one attached hydrogen (secondary N) is 1. The van der Waals surface area contributed by atoms with E-state index in [-0.39, 0.29) is 5.91 Å². The third-order valence-electron chi connectivity index (χ3n) is 3.84. The Morgan fingerprint density at radius 1 is 1.36 bits per heavy atom. The minimum absolute atomic E-state index is 0.191. The molecule has 0 bridgehead atoms. The molecule has 0 atom stereocenters. The molecule has 7 heteroatoms. The van der Waals surface area contributed by atoms with Crippen molar-refractivity contribution in [2.24, 2.45) is 0 Å². The van der Waals surface area contributed by atoms with Crippen molar-refractivity contribution < 1.29 is 9.21 Å². The van der Waals surface area contributed by atoms with Crippen molar-refractivity contribution in [1.82, 2.24) is 19.7 Å². The normalized spacial score (nSPS) is 11.0. The summed E-state index contributed by atoms with van der Waals surface area (Å²) in [5.41, 5.74) is 3.03. The first-order chi connectivity index (χ1) is 12.0. The molecular weight excluding hydrogens is 318 g/mol. The van der Waals surface area contributed by atoms with Crippen LogP contribution in [0.4, 0.5) is 5.69 Å². The molecule has 2 aromatic heterocycles. The molecule has 1 amide bonds. The van der Waals surface area contributed by atoms with E-state index in [2.05, 4.69) is 20.3 Å². The zero-order valence-corrected chi connectivity index (χ0v) is 14.6. The topological polar surface area (TPSA) is 76.2 Å². The van der Waals surface area contributed by atoms with Gasteiger partial charge in [0.1, 0.15) is 6.26 Å². The van der Waals surface area contributed by atoms with Gasteiger partial charge in [0.25, 0.3) is 5.91 Å². The summed E-state index contributed by atoms with van der Waals surface area (Å²) in [6.07, 6.45) is 6.45. The van der Waals surface area contributed by atoms with Crippen molar-refractivity contribution in [3.63, 3.8) is 0 Å². The Balaban J connectivity index is 1.73. The lowest BCUT2D eigenvalue weighted by atomic mass is 10.1. The molecule has 0 spiro atoms. The second-order valence-corrected chi connectivity index (χ2v) is 6.12. The Bertz CT molecular complexity index is 852. The van der Waals surface area contributed by atoms with Gasteiger partial charge < -0.3 is 14.6 Å². The second-order valence-electron chi connectivity index (χ2n) is 6.12. The Labute approximate surface area is 146 Å². The number of hydrogen-bond donors (Lipinski definition) is 1. The van der Waals surface area contributed by atoms with E-state index in [1.807, 2.05) is 39.2 Å². The molecule has 0 aliphatic carbocycles. The SMILES string of the molecule is Cc1ccc(-c2ncco2)cc1NC(=O)c1cnn(CCN(C)C)c1. The number of oxazole rings is 1. The van der Waals surface area contributed by atoms with Crippen LogP contribution in [0.2, 0.25) is 0 Å². The van der Waals surface area contributed by atoms with Gasteiger partial charge in [0.2, 0.25) is 5.89 Å². The summed E-state index contributed by atoms with van der Waals surface area (Å²) in [5.74, 6) is 0.329. The van der Waals surface area contributed by atoms with E-state index in [1.165, 1.54) is 6.26 Å². The molecule has 0 saturated carbocycles. The van der Waals surface area contributed by atoms with Gasteiger partial charge in [0.15, 0.2) is 0 Å².